The van der Waals surface area contributed by atoms with Gasteiger partial charge in [0.25, 0.3) is 5.91 Å². The van der Waals surface area contributed by atoms with Crippen LogP contribution in [0.15, 0.2) is 60.7 Å². The fourth-order valence-electron chi connectivity index (χ4n) is 2.55. The largest absolute Gasteiger partial charge is 0.452 e. The number of amides is 1. The molecule has 3 rings (SSSR count). The molecular weight excluding hydrogens is 302 g/mol. The first-order valence-corrected chi connectivity index (χ1v) is 8.26. The summed E-state index contributed by atoms with van der Waals surface area (Å²) in [4.78, 5) is 24.2. The Kier molecular flexibility index (Phi) is 4.94. The molecule has 1 aliphatic carbocycles. The lowest BCUT2D eigenvalue weighted by Gasteiger charge is -2.22. The van der Waals surface area contributed by atoms with Crippen molar-refractivity contribution < 1.29 is 14.3 Å². The Balaban J connectivity index is 1.74. The molecule has 0 unspecified atom stereocenters. The minimum atomic E-state index is -0.798. The second-order valence-electron chi connectivity index (χ2n) is 6.12. The topological polar surface area (TPSA) is 55.4 Å². The van der Waals surface area contributed by atoms with Crippen molar-refractivity contribution in [1.82, 2.24) is 5.32 Å². The number of ether oxygens (including phenoxy) is 1. The fourth-order valence-corrected chi connectivity index (χ4v) is 2.55. The molecule has 0 bridgehead atoms. The van der Waals surface area contributed by atoms with Crippen molar-refractivity contribution in [3.05, 3.63) is 71.8 Å². The molecule has 24 heavy (non-hydrogen) atoms. The van der Waals surface area contributed by atoms with Crippen LogP contribution in [0.1, 0.15) is 36.9 Å². The molecule has 0 radical (unpaired) electrons. The van der Waals surface area contributed by atoms with Crippen LogP contribution in [0.4, 0.5) is 0 Å². The third-order valence-corrected chi connectivity index (χ3v) is 4.13. The Hall–Kier alpha value is -2.62. The monoisotopic (exact) mass is 323 g/mol. The number of hydrogen-bond acceptors (Lipinski definition) is 3. The summed E-state index contributed by atoms with van der Waals surface area (Å²) < 4.78 is 5.26. The van der Waals surface area contributed by atoms with E-state index in [1.807, 2.05) is 60.7 Å². The van der Waals surface area contributed by atoms with E-state index in [9.17, 15) is 9.59 Å². The molecule has 0 aromatic heterocycles. The van der Waals surface area contributed by atoms with Gasteiger partial charge in [0, 0.05) is 0 Å². The summed E-state index contributed by atoms with van der Waals surface area (Å²) in [5, 5.41) is 3.00. The molecule has 124 valence electrons. The third-order valence-electron chi connectivity index (χ3n) is 4.13. The summed E-state index contributed by atoms with van der Waals surface area (Å²) in [5.74, 6) is -0.574. The van der Waals surface area contributed by atoms with Crippen LogP contribution in [0.3, 0.4) is 0 Å². The first-order chi connectivity index (χ1) is 11.6. The molecule has 4 heteroatoms. The number of hydrogen-bond donors (Lipinski definition) is 1. The van der Waals surface area contributed by atoms with Gasteiger partial charge in [-0.2, -0.15) is 0 Å². The second-order valence-corrected chi connectivity index (χ2v) is 6.12. The molecule has 0 saturated heterocycles. The molecule has 2 aromatic rings. The van der Waals surface area contributed by atoms with Gasteiger partial charge in [0.1, 0.15) is 0 Å². The lowest BCUT2D eigenvalue weighted by Crippen LogP contribution is -2.38. The molecule has 1 aliphatic rings. The Labute approximate surface area is 141 Å². The average molecular weight is 323 g/mol. The fraction of sp³-hybridized carbons (Fsp3) is 0.300. The molecule has 1 amide bonds. The lowest BCUT2D eigenvalue weighted by atomic mass is 9.98. The lowest BCUT2D eigenvalue weighted by molar-refractivity contribution is -0.156. The van der Waals surface area contributed by atoms with E-state index in [2.05, 4.69) is 5.32 Å². The number of carbonyl (C=O) groups excluding carboxylic acids is 2. The highest BCUT2D eigenvalue weighted by Crippen LogP contribution is 2.30. The molecule has 2 aromatic carbocycles. The zero-order chi connectivity index (χ0) is 16.9. The first kappa shape index (κ1) is 16.2. The Bertz CT molecular complexity index is 656. The van der Waals surface area contributed by atoms with Crippen molar-refractivity contribution in [2.45, 2.75) is 31.9 Å². The number of esters is 1. The van der Waals surface area contributed by atoms with E-state index in [1.54, 1.807) is 6.92 Å². The molecular formula is C20H21NO3. The maximum atomic E-state index is 12.5. The third kappa shape index (κ3) is 4.02. The molecule has 1 atom stereocenters. The van der Waals surface area contributed by atoms with E-state index in [0.717, 1.165) is 24.0 Å². The standard InChI is InChI=1S/C20H21NO3/c1-14(24-20(23)17-12-13-17)19(22)21-18(15-8-4-2-5-9-15)16-10-6-3-7-11-16/h2-11,14,17-18H,12-13H2,1H3,(H,21,22)/t14-/m1/s1. The smallest absolute Gasteiger partial charge is 0.309 e. The van der Waals surface area contributed by atoms with Crippen LogP contribution in [0.2, 0.25) is 0 Å². The van der Waals surface area contributed by atoms with Crippen LogP contribution in [0.25, 0.3) is 0 Å². The van der Waals surface area contributed by atoms with Crippen molar-refractivity contribution >= 4 is 11.9 Å². The zero-order valence-corrected chi connectivity index (χ0v) is 13.6. The number of benzene rings is 2. The van der Waals surface area contributed by atoms with E-state index in [4.69, 9.17) is 4.74 Å². The Morgan fingerprint density at radius 1 is 0.958 bits per heavy atom. The van der Waals surface area contributed by atoms with Crippen LogP contribution in [-0.4, -0.2) is 18.0 Å². The molecule has 4 nitrogen and oxygen atoms in total. The highest BCUT2D eigenvalue weighted by atomic mass is 16.5. The number of nitrogens with one attached hydrogen (secondary N) is 1. The van der Waals surface area contributed by atoms with Gasteiger partial charge in [-0.3, -0.25) is 9.59 Å². The van der Waals surface area contributed by atoms with Gasteiger partial charge in [-0.1, -0.05) is 60.7 Å². The summed E-state index contributed by atoms with van der Waals surface area (Å²) in [6.45, 7) is 1.61. The van der Waals surface area contributed by atoms with Crippen molar-refractivity contribution in [3.8, 4) is 0 Å². The van der Waals surface area contributed by atoms with Crippen molar-refractivity contribution in [3.63, 3.8) is 0 Å². The van der Waals surface area contributed by atoms with Crippen LogP contribution in [0, 0.1) is 5.92 Å². The van der Waals surface area contributed by atoms with Gasteiger partial charge in [0.15, 0.2) is 6.10 Å². The van der Waals surface area contributed by atoms with Gasteiger partial charge in [0.05, 0.1) is 12.0 Å². The van der Waals surface area contributed by atoms with E-state index >= 15 is 0 Å². The molecule has 0 heterocycles. The van der Waals surface area contributed by atoms with Gasteiger partial charge in [-0.15, -0.1) is 0 Å². The molecule has 1 fully saturated rings. The molecule has 1 saturated carbocycles. The average Bonchev–Trinajstić information content (AvgIpc) is 3.46. The number of rotatable bonds is 6. The van der Waals surface area contributed by atoms with Crippen molar-refractivity contribution in [2.75, 3.05) is 0 Å². The van der Waals surface area contributed by atoms with Crippen LogP contribution in [-0.2, 0) is 14.3 Å². The number of carbonyl (C=O) groups is 2. The van der Waals surface area contributed by atoms with Gasteiger partial charge in [-0.05, 0) is 30.9 Å². The predicted octanol–water partition coefficient (Wildman–Crippen LogP) is 3.23. The normalized spacial score (nSPS) is 14.9. The van der Waals surface area contributed by atoms with Crippen LogP contribution < -0.4 is 5.32 Å². The van der Waals surface area contributed by atoms with Gasteiger partial charge < -0.3 is 10.1 Å². The van der Waals surface area contributed by atoms with E-state index in [1.165, 1.54) is 0 Å². The predicted molar refractivity (Wildman–Crippen MR) is 91.1 cm³/mol. The van der Waals surface area contributed by atoms with E-state index in [-0.39, 0.29) is 23.8 Å². The van der Waals surface area contributed by atoms with E-state index in [0.29, 0.717) is 0 Å². The van der Waals surface area contributed by atoms with Gasteiger partial charge >= 0.3 is 5.97 Å². The maximum absolute atomic E-state index is 12.5. The van der Waals surface area contributed by atoms with Gasteiger partial charge in [-0.25, -0.2) is 0 Å². The first-order valence-electron chi connectivity index (χ1n) is 8.26. The highest BCUT2D eigenvalue weighted by Gasteiger charge is 2.33. The Morgan fingerprint density at radius 3 is 1.92 bits per heavy atom. The highest BCUT2D eigenvalue weighted by molar-refractivity contribution is 5.85. The van der Waals surface area contributed by atoms with Crippen LogP contribution >= 0.6 is 0 Å². The Morgan fingerprint density at radius 2 is 1.46 bits per heavy atom. The summed E-state index contributed by atoms with van der Waals surface area (Å²) in [6.07, 6.45) is 0.932. The molecule has 0 aliphatic heterocycles. The minimum absolute atomic E-state index is 0.0145. The van der Waals surface area contributed by atoms with E-state index < -0.39 is 6.10 Å². The summed E-state index contributed by atoms with van der Waals surface area (Å²) in [5.41, 5.74) is 1.97. The maximum Gasteiger partial charge on any atom is 0.309 e. The van der Waals surface area contributed by atoms with Crippen molar-refractivity contribution in [2.24, 2.45) is 5.92 Å². The SMILES string of the molecule is C[C@@H](OC(=O)C1CC1)C(=O)NC(c1ccccc1)c1ccccc1. The molecule has 1 N–H and O–H groups in total. The van der Waals surface area contributed by atoms with Crippen molar-refractivity contribution in [1.29, 1.82) is 0 Å². The summed E-state index contributed by atoms with van der Waals surface area (Å²) in [7, 11) is 0. The minimum Gasteiger partial charge on any atom is -0.452 e. The van der Waals surface area contributed by atoms with Crippen LogP contribution in [0.5, 0.6) is 0 Å². The zero-order valence-electron chi connectivity index (χ0n) is 13.6. The summed E-state index contributed by atoms with van der Waals surface area (Å²) in [6, 6.07) is 19.2. The molecule has 0 spiro atoms. The quantitative estimate of drug-likeness (QED) is 0.830. The summed E-state index contributed by atoms with van der Waals surface area (Å²) >= 11 is 0. The second kappa shape index (κ2) is 7.30. The van der Waals surface area contributed by atoms with Gasteiger partial charge in [0.2, 0.25) is 0 Å².